The maximum absolute atomic E-state index is 12.9. The maximum Gasteiger partial charge on any atom is 0.416 e. The van der Waals surface area contributed by atoms with E-state index in [1.54, 1.807) is 11.0 Å². The van der Waals surface area contributed by atoms with Crippen LogP contribution in [-0.4, -0.2) is 47.2 Å². The molecule has 1 aliphatic rings. The predicted molar refractivity (Wildman–Crippen MR) is 104 cm³/mol. The standard InChI is InChI=1S/C21H19F3N4O2/c1-14-4-2-5-15(12-14)18-25-26-19(30-18)20(29)28-10-8-27(9-11-28)17-7-3-6-16(13-17)21(22,23)24/h2-7,12-13H,8-11H2,1H3. The Morgan fingerprint density at radius 2 is 1.73 bits per heavy atom. The highest BCUT2D eigenvalue weighted by Gasteiger charge is 2.31. The van der Waals surface area contributed by atoms with E-state index in [4.69, 9.17) is 4.42 Å². The Labute approximate surface area is 170 Å². The zero-order valence-corrected chi connectivity index (χ0v) is 16.2. The average molecular weight is 416 g/mol. The first-order chi connectivity index (χ1) is 14.3. The van der Waals surface area contributed by atoms with Crippen LogP contribution in [0.15, 0.2) is 52.9 Å². The summed E-state index contributed by atoms with van der Waals surface area (Å²) in [4.78, 5) is 16.1. The van der Waals surface area contributed by atoms with E-state index in [2.05, 4.69) is 10.2 Å². The fourth-order valence-electron chi connectivity index (χ4n) is 3.39. The lowest BCUT2D eigenvalue weighted by Gasteiger charge is -2.35. The molecule has 2 aromatic carbocycles. The predicted octanol–water partition coefficient (Wildman–Crippen LogP) is 4.03. The molecule has 0 bridgehead atoms. The average Bonchev–Trinajstić information content (AvgIpc) is 3.23. The highest BCUT2D eigenvalue weighted by atomic mass is 19.4. The van der Waals surface area contributed by atoms with Gasteiger partial charge in [-0.15, -0.1) is 10.2 Å². The zero-order valence-electron chi connectivity index (χ0n) is 16.2. The highest BCUT2D eigenvalue weighted by molar-refractivity contribution is 5.90. The van der Waals surface area contributed by atoms with Crippen LogP contribution in [0.5, 0.6) is 0 Å². The van der Waals surface area contributed by atoms with Crippen molar-refractivity contribution >= 4 is 11.6 Å². The third-order valence-corrected chi connectivity index (χ3v) is 4.98. The van der Waals surface area contributed by atoms with Crippen molar-refractivity contribution in [3.05, 3.63) is 65.5 Å². The van der Waals surface area contributed by atoms with Gasteiger partial charge in [0.2, 0.25) is 5.89 Å². The fraction of sp³-hybridized carbons (Fsp3) is 0.286. The van der Waals surface area contributed by atoms with Gasteiger partial charge in [0.15, 0.2) is 0 Å². The van der Waals surface area contributed by atoms with Gasteiger partial charge in [-0.3, -0.25) is 4.79 Å². The van der Waals surface area contributed by atoms with Gasteiger partial charge in [0.25, 0.3) is 0 Å². The van der Waals surface area contributed by atoms with Crippen molar-refractivity contribution < 1.29 is 22.4 Å². The van der Waals surface area contributed by atoms with Crippen molar-refractivity contribution in [1.82, 2.24) is 15.1 Å². The molecule has 156 valence electrons. The lowest BCUT2D eigenvalue weighted by molar-refractivity contribution is -0.137. The van der Waals surface area contributed by atoms with E-state index in [1.807, 2.05) is 36.1 Å². The van der Waals surface area contributed by atoms with E-state index in [0.717, 1.165) is 23.3 Å². The Balaban J connectivity index is 1.42. The van der Waals surface area contributed by atoms with Crippen LogP contribution in [0.2, 0.25) is 0 Å². The van der Waals surface area contributed by atoms with Crippen LogP contribution in [0.3, 0.4) is 0 Å². The summed E-state index contributed by atoms with van der Waals surface area (Å²) in [6.45, 7) is 3.45. The van der Waals surface area contributed by atoms with Crippen molar-refractivity contribution in [2.75, 3.05) is 31.1 Å². The number of rotatable bonds is 3. The van der Waals surface area contributed by atoms with Gasteiger partial charge in [-0.25, -0.2) is 0 Å². The number of halogens is 3. The second-order valence-electron chi connectivity index (χ2n) is 7.11. The number of hydrogen-bond acceptors (Lipinski definition) is 5. The second-order valence-corrected chi connectivity index (χ2v) is 7.11. The summed E-state index contributed by atoms with van der Waals surface area (Å²) in [6, 6.07) is 12.7. The van der Waals surface area contributed by atoms with Crippen LogP contribution in [0.4, 0.5) is 18.9 Å². The molecule has 6 nitrogen and oxygen atoms in total. The molecule has 1 aromatic heterocycles. The van der Waals surface area contributed by atoms with E-state index >= 15 is 0 Å². The number of aromatic nitrogens is 2. The molecule has 0 atom stereocenters. The van der Waals surface area contributed by atoms with Gasteiger partial charge in [-0.1, -0.05) is 23.8 Å². The number of amides is 1. The number of nitrogens with zero attached hydrogens (tertiary/aromatic N) is 4. The minimum Gasteiger partial charge on any atom is -0.412 e. The van der Waals surface area contributed by atoms with Gasteiger partial charge >= 0.3 is 18.0 Å². The topological polar surface area (TPSA) is 62.5 Å². The van der Waals surface area contributed by atoms with E-state index < -0.39 is 11.7 Å². The van der Waals surface area contributed by atoms with E-state index in [9.17, 15) is 18.0 Å². The molecule has 1 amide bonds. The van der Waals surface area contributed by atoms with Crippen LogP contribution < -0.4 is 4.90 Å². The molecule has 1 aliphatic heterocycles. The van der Waals surface area contributed by atoms with Crippen LogP contribution >= 0.6 is 0 Å². The molecule has 1 fully saturated rings. The van der Waals surface area contributed by atoms with Crippen LogP contribution in [-0.2, 0) is 6.18 Å². The largest absolute Gasteiger partial charge is 0.416 e. The Hall–Kier alpha value is -3.36. The number of alkyl halides is 3. The van der Waals surface area contributed by atoms with Crippen molar-refractivity contribution in [2.24, 2.45) is 0 Å². The number of carbonyl (C=O) groups excluding carboxylic acids is 1. The quantitative estimate of drug-likeness (QED) is 0.645. The van der Waals surface area contributed by atoms with Crippen LogP contribution in [0.1, 0.15) is 21.8 Å². The smallest absolute Gasteiger partial charge is 0.412 e. The molecule has 9 heteroatoms. The second kappa shape index (κ2) is 7.81. The summed E-state index contributed by atoms with van der Waals surface area (Å²) < 4.78 is 44.4. The molecular weight excluding hydrogens is 397 g/mol. The van der Waals surface area contributed by atoms with Crippen molar-refractivity contribution in [3.63, 3.8) is 0 Å². The summed E-state index contributed by atoms with van der Waals surface area (Å²) in [7, 11) is 0. The van der Waals surface area contributed by atoms with Crippen molar-refractivity contribution in [1.29, 1.82) is 0 Å². The first-order valence-electron chi connectivity index (χ1n) is 9.43. The Morgan fingerprint density at radius 1 is 1.00 bits per heavy atom. The van der Waals surface area contributed by atoms with Crippen LogP contribution in [0, 0.1) is 6.92 Å². The zero-order chi connectivity index (χ0) is 21.3. The lowest BCUT2D eigenvalue weighted by Crippen LogP contribution is -2.49. The summed E-state index contributed by atoms with van der Waals surface area (Å²) in [5, 5.41) is 7.82. The minimum atomic E-state index is -4.39. The summed E-state index contributed by atoms with van der Waals surface area (Å²) in [5.41, 5.74) is 1.56. The van der Waals surface area contributed by atoms with Gasteiger partial charge < -0.3 is 14.2 Å². The number of piperazine rings is 1. The van der Waals surface area contributed by atoms with Gasteiger partial charge in [0.1, 0.15) is 0 Å². The SMILES string of the molecule is Cc1cccc(-c2nnc(C(=O)N3CCN(c4cccc(C(F)(F)F)c4)CC3)o2)c1. The number of aryl methyl sites for hydroxylation is 1. The lowest BCUT2D eigenvalue weighted by atomic mass is 10.1. The molecule has 1 saturated heterocycles. The molecule has 0 saturated carbocycles. The number of anilines is 1. The number of carbonyl (C=O) groups is 1. The Morgan fingerprint density at radius 3 is 2.43 bits per heavy atom. The van der Waals surface area contributed by atoms with E-state index in [0.29, 0.717) is 31.9 Å². The Bertz CT molecular complexity index is 1060. The summed E-state index contributed by atoms with van der Waals surface area (Å²) in [5.74, 6) is -0.214. The molecule has 0 unspecified atom stereocenters. The fourth-order valence-corrected chi connectivity index (χ4v) is 3.39. The first-order valence-corrected chi connectivity index (χ1v) is 9.43. The highest BCUT2D eigenvalue weighted by Crippen LogP contribution is 2.32. The maximum atomic E-state index is 12.9. The molecule has 0 aliphatic carbocycles. The monoisotopic (exact) mass is 416 g/mol. The normalized spacial score (nSPS) is 14.8. The van der Waals surface area contributed by atoms with Crippen LogP contribution in [0.25, 0.3) is 11.5 Å². The molecule has 0 radical (unpaired) electrons. The van der Waals surface area contributed by atoms with Gasteiger partial charge in [-0.05, 0) is 37.3 Å². The van der Waals surface area contributed by atoms with Gasteiger partial charge in [0, 0.05) is 37.4 Å². The van der Waals surface area contributed by atoms with Crippen molar-refractivity contribution in [2.45, 2.75) is 13.1 Å². The molecule has 0 N–H and O–H groups in total. The first kappa shape index (κ1) is 19.9. The third kappa shape index (κ3) is 4.14. The molecule has 30 heavy (non-hydrogen) atoms. The molecule has 2 heterocycles. The number of hydrogen-bond donors (Lipinski definition) is 0. The minimum absolute atomic E-state index is 0.0981. The number of benzene rings is 2. The van der Waals surface area contributed by atoms with E-state index in [1.165, 1.54) is 6.07 Å². The Kier molecular flexibility index (Phi) is 5.19. The summed E-state index contributed by atoms with van der Waals surface area (Å²) in [6.07, 6.45) is -4.39. The van der Waals surface area contributed by atoms with Gasteiger partial charge in [-0.2, -0.15) is 13.2 Å². The van der Waals surface area contributed by atoms with Gasteiger partial charge in [0.05, 0.1) is 5.56 Å². The summed E-state index contributed by atoms with van der Waals surface area (Å²) >= 11 is 0. The molecular formula is C21H19F3N4O2. The molecule has 4 rings (SSSR count). The van der Waals surface area contributed by atoms with Crippen molar-refractivity contribution in [3.8, 4) is 11.5 Å². The third-order valence-electron chi connectivity index (χ3n) is 4.98. The molecule has 0 spiro atoms. The van der Waals surface area contributed by atoms with E-state index in [-0.39, 0.29) is 17.7 Å². The molecule has 3 aromatic rings.